The molecule has 4 bridgehead atoms. The van der Waals surface area contributed by atoms with Crippen LogP contribution < -0.4 is 5.32 Å². The van der Waals surface area contributed by atoms with Crippen LogP contribution in [-0.2, 0) is 6.54 Å². The Balaban J connectivity index is 1.41. The molecule has 3 N–H and O–H groups in total. The van der Waals surface area contributed by atoms with Gasteiger partial charge in [0, 0.05) is 11.0 Å². The summed E-state index contributed by atoms with van der Waals surface area (Å²) in [4.78, 5) is 0. The van der Waals surface area contributed by atoms with E-state index in [-0.39, 0.29) is 0 Å². The number of hydrogen-bond acceptors (Lipinski definition) is 1. The SMILES string of the molecule is Oc1ccccc1C[NH2+]CC12CCC3C[C@H](C[C@@H](C3)C1)C2. The third-order valence-electron chi connectivity index (χ3n) is 6.46. The molecule has 1 aromatic rings. The third kappa shape index (κ3) is 2.70. The first-order valence-electron chi connectivity index (χ1n) is 8.81. The highest BCUT2D eigenvalue weighted by molar-refractivity contribution is 5.30. The zero-order valence-electron chi connectivity index (χ0n) is 12.9. The van der Waals surface area contributed by atoms with E-state index in [1.807, 2.05) is 12.1 Å². The molecule has 0 heterocycles. The van der Waals surface area contributed by atoms with Gasteiger partial charge in [0.15, 0.2) is 0 Å². The molecule has 0 aliphatic heterocycles. The van der Waals surface area contributed by atoms with Gasteiger partial charge in [0.25, 0.3) is 0 Å². The van der Waals surface area contributed by atoms with Gasteiger partial charge < -0.3 is 10.4 Å². The largest absolute Gasteiger partial charge is 0.507 e. The van der Waals surface area contributed by atoms with Gasteiger partial charge in [-0.3, -0.25) is 0 Å². The minimum atomic E-state index is 0.455. The van der Waals surface area contributed by atoms with E-state index < -0.39 is 0 Å². The molecule has 0 saturated heterocycles. The molecular weight excluding hydrogens is 258 g/mol. The molecule has 4 fully saturated rings. The number of phenolic OH excluding ortho intramolecular Hbond substituents is 1. The Morgan fingerprint density at radius 2 is 1.76 bits per heavy atom. The van der Waals surface area contributed by atoms with Crippen LogP contribution in [0.3, 0.4) is 0 Å². The average Bonchev–Trinajstić information content (AvgIpc) is 2.66. The molecule has 4 aliphatic rings. The Hall–Kier alpha value is -1.02. The highest BCUT2D eigenvalue weighted by atomic mass is 16.3. The number of phenols is 1. The minimum absolute atomic E-state index is 0.455. The maximum atomic E-state index is 9.90. The van der Waals surface area contributed by atoms with Crippen LogP contribution in [0.15, 0.2) is 24.3 Å². The van der Waals surface area contributed by atoms with E-state index in [1.165, 1.54) is 51.5 Å². The van der Waals surface area contributed by atoms with E-state index in [2.05, 4.69) is 11.4 Å². The van der Waals surface area contributed by atoms with Crippen molar-refractivity contribution in [2.75, 3.05) is 6.54 Å². The van der Waals surface area contributed by atoms with Crippen molar-refractivity contribution in [3.63, 3.8) is 0 Å². The summed E-state index contributed by atoms with van der Waals surface area (Å²) in [6.45, 7) is 2.19. The van der Waals surface area contributed by atoms with Crippen LogP contribution in [-0.4, -0.2) is 11.7 Å². The maximum absolute atomic E-state index is 9.90. The molecule has 2 atom stereocenters. The van der Waals surface area contributed by atoms with E-state index in [9.17, 15) is 5.11 Å². The molecule has 114 valence electrons. The Kier molecular flexibility index (Phi) is 3.45. The second kappa shape index (κ2) is 5.31. The number of para-hydroxylation sites is 1. The van der Waals surface area contributed by atoms with Crippen molar-refractivity contribution in [2.45, 2.75) is 51.5 Å². The van der Waals surface area contributed by atoms with Gasteiger partial charge in [-0.2, -0.15) is 0 Å². The fraction of sp³-hybridized carbons (Fsp3) is 0.684. The summed E-state index contributed by atoms with van der Waals surface area (Å²) in [6, 6.07) is 7.79. The number of benzene rings is 1. The summed E-state index contributed by atoms with van der Waals surface area (Å²) in [6.07, 6.45) is 10.5. The lowest BCUT2D eigenvalue weighted by Crippen LogP contribution is -2.85. The molecule has 5 rings (SSSR count). The molecule has 0 aromatic heterocycles. The summed E-state index contributed by atoms with van der Waals surface area (Å²) in [5.74, 6) is 3.57. The van der Waals surface area contributed by atoms with E-state index in [4.69, 9.17) is 0 Å². The topological polar surface area (TPSA) is 36.8 Å². The van der Waals surface area contributed by atoms with Crippen molar-refractivity contribution in [3.8, 4) is 5.75 Å². The molecule has 4 saturated carbocycles. The minimum Gasteiger partial charge on any atom is -0.507 e. The smallest absolute Gasteiger partial charge is 0.124 e. The summed E-state index contributed by atoms with van der Waals surface area (Å²) in [7, 11) is 0. The zero-order chi connectivity index (χ0) is 14.3. The van der Waals surface area contributed by atoms with Gasteiger partial charge in [0.2, 0.25) is 0 Å². The van der Waals surface area contributed by atoms with Crippen molar-refractivity contribution >= 4 is 0 Å². The molecule has 2 heteroatoms. The summed E-state index contributed by atoms with van der Waals surface area (Å²) in [5.41, 5.74) is 1.70. The number of quaternary nitrogens is 1. The van der Waals surface area contributed by atoms with Crippen LogP contribution in [0.2, 0.25) is 0 Å². The van der Waals surface area contributed by atoms with Crippen LogP contribution in [0.25, 0.3) is 0 Å². The first kappa shape index (κ1) is 13.6. The summed E-state index contributed by atoms with van der Waals surface area (Å²) < 4.78 is 0. The van der Waals surface area contributed by atoms with E-state index >= 15 is 0 Å². The molecule has 4 aliphatic carbocycles. The Bertz CT molecular complexity index is 498. The number of aromatic hydroxyl groups is 1. The van der Waals surface area contributed by atoms with E-state index in [0.29, 0.717) is 11.2 Å². The van der Waals surface area contributed by atoms with Crippen molar-refractivity contribution in [2.24, 2.45) is 23.2 Å². The molecule has 2 nitrogen and oxygen atoms in total. The number of rotatable bonds is 4. The molecule has 0 radical (unpaired) electrons. The van der Waals surface area contributed by atoms with Crippen LogP contribution in [0.4, 0.5) is 0 Å². The monoisotopic (exact) mass is 286 g/mol. The molecule has 1 aromatic carbocycles. The quantitative estimate of drug-likeness (QED) is 0.877. The fourth-order valence-electron chi connectivity index (χ4n) is 5.78. The number of nitrogens with two attached hydrogens (primary N) is 1. The first-order chi connectivity index (χ1) is 10.2. The van der Waals surface area contributed by atoms with Gasteiger partial charge in [-0.05, 0) is 74.8 Å². The molecular formula is C19H28NO+. The molecule has 0 amide bonds. The van der Waals surface area contributed by atoms with Crippen LogP contribution in [0.1, 0.15) is 50.5 Å². The Morgan fingerprint density at radius 3 is 2.52 bits per heavy atom. The van der Waals surface area contributed by atoms with E-state index in [1.54, 1.807) is 6.07 Å². The Labute approximate surface area is 128 Å². The van der Waals surface area contributed by atoms with Crippen molar-refractivity contribution in [3.05, 3.63) is 29.8 Å². The van der Waals surface area contributed by atoms with Crippen LogP contribution >= 0.6 is 0 Å². The predicted molar refractivity (Wildman–Crippen MR) is 83.8 cm³/mol. The van der Waals surface area contributed by atoms with Crippen molar-refractivity contribution < 1.29 is 10.4 Å². The van der Waals surface area contributed by atoms with Gasteiger partial charge in [0.1, 0.15) is 12.3 Å². The lowest BCUT2D eigenvalue weighted by Gasteiger charge is -2.44. The number of fused-ring (bicyclic) bond motifs is 1. The normalized spacial score (nSPS) is 37.6. The van der Waals surface area contributed by atoms with Gasteiger partial charge in [-0.15, -0.1) is 0 Å². The zero-order valence-corrected chi connectivity index (χ0v) is 12.9. The standard InChI is InChI=1S/C19H27NO/c21-18-4-2-1-3-17(18)12-20-13-19-6-5-14-7-15(10-19)9-16(8-14)11-19/h1-4,14-16,20-21H,5-13H2/p+1/t14?,15-,16-,19?/m1/s1. The second-order valence-electron chi connectivity index (χ2n) is 8.08. The van der Waals surface area contributed by atoms with Gasteiger partial charge in [-0.25, -0.2) is 0 Å². The van der Waals surface area contributed by atoms with Gasteiger partial charge in [-0.1, -0.05) is 12.1 Å². The Morgan fingerprint density at radius 1 is 1.05 bits per heavy atom. The first-order valence-corrected chi connectivity index (χ1v) is 8.81. The fourth-order valence-corrected chi connectivity index (χ4v) is 5.78. The van der Waals surface area contributed by atoms with Gasteiger partial charge in [0.05, 0.1) is 6.54 Å². The predicted octanol–water partition coefficient (Wildman–Crippen LogP) is 3.06. The second-order valence-corrected chi connectivity index (χ2v) is 8.08. The maximum Gasteiger partial charge on any atom is 0.124 e. The van der Waals surface area contributed by atoms with Gasteiger partial charge >= 0.3 is 0 Å². The van der Waals surface area contributed by atoms with Crippen molar-refractivity contribution in [1.82, 2.24) is 0 Å². The molecule has 0 unspecified atom stereocenters. The van der Waals surface area contributed by atoms with Crippen LogP contribution in [0.5, 0.6) is 5.75 Å². The lowest BCUT2D eigenvalue weighted by atomic mass is 9.61. The van der Waals surface area contributed by atoms with Crippen molar-refractivity contribution in [1.29, 1.82) is 0 Å². The summed E-state index contributed by atoms with van der Waals surface area (Å²) >= 11 is 0. The highest BCUT2D eigenvalue weighted by Gasteiger charge is 2.48. The lowest BCUT2D eigenvalue weighted by molar-refractivity contribution is -0.683. The molecule has 0 spiro atoms. The van der Waals surface area contributed by atoms with E-state index in [0.717, 1.165) is 29.9 Å². The average molecular weight is 286 g/mol. The molecule has 21 heavy (non-hydrogen) atoms. The number of hydrogen-bond donors (Lipinski definition) is 2. The summed E-state index contributed by atoms with van der Waals surface area (Å²) in [5, 5.41) is 12.4. The van der Waals surface area contributed by atoms with Crippen LogP contribution in [0, 0.1) is 23.2 Å². The third-order valence-corrected chi connectivity index (χ3v) is 6.46. The highest BCUT2D eigenvalue weighted by Crippen LogP contribution is 2.56.